The van der Waals surface area contributed by atoms with Crippen molar-refractivity contribution in [2.24, 2.45) is 11.0 Å². The fourth-order valence-corrected chi connectivity index (χ4v) is 2.73. The highest BCUT2D eigenvalue weighted by Crippen LogP contribution is 2.13. The molecule has 1 N–H and O–H groups in total. The van der Waals surface area contributed by atoms with Crippen molar-refractivity contribution in [3.8, 4) is 5.75 Å². The van der Waals surface area contributed by atoms with Crippen LogP contribution in [0.15, 0.2) is 29.4 Å². The van der Waals surface area contributed by atoms with E-state index in [0.29, 0.717) is 69.6 Å². The van der Waals surface area contributed by atoms with Gasteiger partial charge in [0.25, 0.3) is 0 Å². The molecule has 190 valence electrons. The summed E-state index contributed by atoms with van der Waals surface area (Å²) in [6.45, 7) is 8.44. The Kier molecular flexibility index (Phi) is 14.2. The van der Waals surface area contributed by atoms with Crippen LogP contribution in [0.1, 0.15) is 52.0 Å². The van der Waals surface area contributed by atoms with Gasteiger partial charge in [-0.2, -0.15) is 5.10 Å². The number of hydrogen-bond acceptors (Lipinski definition) is 6. The number of aldehydes is 1. The van der Waals surface area contributed by atoms with Crippen molar-refractivity contribution in [1.29, 1.82) is 0 Å². The van der Waals surface area contributed by atoms with Crippen LogP contribution < -0.4 is 10.2 Å². The predicted octanol–water partition coefficient (Wildman–Crippen LogP) is 3.32. The van der Waals surface area contributed by atoms with Gasteiger partial charge in [0.1, 0.15) is 12.0 Å². The topological polar surface area (TPSA) is 101 Å². The summed E-state index contributed by atoms with van der Waals surface area (Å²) in [7, 11) is 3.38. The van der Waals surface area contributed by atoms with Gasteiger partial charge in [-0.25, -0.2) is 10.2 Å². The van der Waals surface area contributed by atoms with Gasteiger partial charge in [0.05, 0.1) is 25.3 Å². The largest absolute Gasteiger partial charge is 0.494 e. The number of unbranched alkanes of at least 4 members (excludes halogenated alkanes) is 1. The maximum Gasteiger partial charge on any atom is 0.337 e. The van der Waals surface area contributed by atoms with Crippen LogP contribution >= 0.6 is 0 Å². The molecule has 9 nitrogen and oxygen atoms in total. The molecule has 9 heteroatoms. The Morgan fingerprint density at radius 3 is 2.38 bits per heavy atom. The third-order valence-corrected chi connectivity index (χ3v) is 5.17. The monoisotopic (exact) mass is 476 g/mol. The Balaban J connectivity index is 2.36. The van der Waals surface area contributed by atoms with E-state index in [4.69, 9.17) is 9.47 Å². The predicted molar refractivity (Wildman–Crippen MR) is 133 cm³/mol. The molecule has 0 aliphatic rings. The normalized spacial score (nSPS) is 11.3. The lowest BCUT2D eigenvalue weighted by molar-refractivity contribution is -0.131. The lowest BCUT2D eigenvalue weighted by Gasteiger charge is -2.22. The van der Waals surface area contributed by atoms with Crippen LogP contribution in [0.3, 0.4) is 0 Å². The summed E-state index contributed by atoms with van der Waals surface area (Å²) in [4.78, 5) is 37.9. The summed E-state index contributed by atoms with van der Waals surface area (Å²) in [5.74, 6) is 1.29. The van der Waals surface area contributed by atoms with Crippen LogP contribution in [0.2, 0.25) is 0 Å². The second-order valence-corrected chi connectivity index (χ2v) is 8.58. The maximum absolute atomic E-state index is 12.3. The molecule has 0 saturated carbocycles. The Morgan fingerprint density at radius 1 is 1.06 bits per heavy atom. The number of likely N-dealkylation sites (N-methyl/N-ethyl adjacent to an activating group) is 2. The molecule has 0 aliphatic heterocycles. The minimum atomic E-state index is -0.354. The van der Waals surface area contributed by atoms with Gasteiger partial charge in [0.2, 0.25) is 5.91 Å². The van der Waals surface area contributed by atoms with Gasteiger partial charge in [0, 0.05) is 40.2 Å². The van der Waals surface area contributed by atoms with E-state index in [9.17, 15) is 14.4 Å². The summed E-state index contributed by atoms with van der Waals surface area (Å²) in [6, 6.07) is 7.01. The van der Waals surface area contributed by atoms with Crippen LogP contribution in [0.25, 0.3) is 0 Å². The minimum Gasteiger partial charge on any atom is -0.494 e. The number of urea groups is 1. The van der Waals surface area contributed by atoms with Crippen molar-refractivity contribution < 1.29 is 23.9 Å². The lowest BCUT2D eigenvalue weighted by Crippen LogP contribution is -2.41. The molecule has 0 fully saturated rings. The molecule has 0 aromatic heterocycles. The smallest absolute Gasteiger partial charge is 0.337 e. The van der Waals surface area contributed by atoms with Crippen LogP contribution in [-0.2, 0) is 14.3 Å². The molecule has 0 heterocycles. The van der Waals surface area contributed by atoms with Gasteiger partial charge >= 0.3 is 6.03 Å². The second-order valence-electron chi connectivity index (χ2n) is 8.58. The quantitative estimate of drug-likeness (QED) is 0.171. The van der Waals surface area contributed by atoms with Gasteiger partial charge in [-0.1, -0.05) is 13.8 Å². The molecule has 1 aromatic rings. The zero-order valence-corrected chi connectivity index (χ0v) is 21.2. The third-order valence-electron chi connectivity index (χ3n) is 5.17. The van der Waals surface area contributed by atoms with Gasteiger partial charge in [0.15, 0.2) is 0 Å². The van der Waals surface area contributed by atoms with Gasteiger partial charge in [-0.05, 0) is 55.5 Å². The average molecular weight is 477 g/mol. The Bertz CT molecular complexity index is 780. The molecule has 3 amide bonds. The number of carbonyl (C=O) groups is 3. The first-order valence-corrected chi connectivity index (χ1v) is 11.8. The molecule has 0 spiro atoms. The Morgan fingerprint density at radius 2 is 1.74 bits per heavy atom. The molecule has 1 rings (SSSR count). The molecule has 0 saturated heterocycles. The third kappa shape index (κ3) is 12.3. The van der Waals surface area contributed by atoms with Gasteiger partial charge in [-0.3, -0.25) is 4.79 Å². The Labute approximate surface area is 203 Å². The minimum absolute atomic E-state index is 0.0108. The summed E-state index contributed by atoms with van der Waals surface area (Å²) in [5.41, 5.74) is 4.04. The van der Waals surface area contributed by atoms with Crippen molar-refractivity contribution in [3.63, 3.8) is 0 Å². The van der Waals surface area contributed by atoms with Gasteiger partial charge in [-0.15, -0.1) is 0 Å². The SMILES string of the molecule is C/C(=N/NC(=O)N(C)CCN(C)C(=O)CCOCCC(C)C)c1ccc(OCCCC=O)cc1. The van der Waals surface area contributed by atoms with Crippen LogP contribution in [-0.4, -0.2) is 80.7 Å². The van der Waals surface area contributed by atoms with E-state index in [-0.39, 0.29) is 11.9 Å². The molecule has 0 radical (unpaired) electrons. The van der Waals surface area contributed by atoms with E-state index in [2.05, 4.69) is 24.4 Å². The number of nitrogens with zero attached hydrogens (tertiary/aromatic N) is 3. The summed E-state index contributed by atoms with van der Waals surface area (Å²) >= 11 is 0. The van der Waals surface area contributed by atoms with E-state index in [1.54, 1.807) is 25.9 Å². The van der Waals surface area contributed by atoms with Crippen molar-refractivity contribution in [2.45, 2.75) is 46.5 Å². The van der Waals surface area contributed by atoms with Crippen molar-refractivity contribution in [2.75, 3.05) is 47.0 Å². The first kappa shape index (κ1) is 29.1. The highest BCUT2D eigenvalue weighted by molar-refractivity contribution is 5.99. The van der Waals surface area contributed by atoms with E-state index in [1.807, 2.05) is 24.3 Å². The number of nitrogens with one attached hydrogen (secondary N) is 1. The van der Waals surface area contributed by atoms with E-state index in [1.165, 1.54) is 4.90 Å². The van der Waals surface area contributed by atoms with Crippen molar-refractivity contribution in [3.05, 3.63) is 29.8 Å². The molecule has 0 bridgehead atoms. The van der Waals surface area contributed by atoms with Crippen LogP contribution in [0, 0.1) is 5.92 Å². The summed E-state index contributed by atoms with van der Waals surface area (Å²) in [6.07, 6.45) is 3.35. The number of amides is 3. The maximum atomic E-state index is 12.3. The molecule has 34 heavy (non-hydrogen) atoms. The number of ether oxygens (including phenoxy) is 2. The highest BCUT2D eigenvalue weighted by Gasteiger charge is 2.13. The van der Waals surface area contributed by atoms with Crippen molar-refractivity contribution in [1.82, 2.24) is 15.2 Å². The summed E-state index contributed by atoms with van der Waals surface area (Å²) < 4.78 is 11.1. The lowest BCUT2D eigenvalue weighted by atomic mass is 10.1. The zero-order chi connectivity index (χ0) is 25.3. The number of rotatable bonds is 16. The standard InChI is InChI=1S/C25H40N4O5/c1-20(2)12-18-33-19-13-24(31)28(4)14-15-29(5)25(32)27-26-21(3)22-8-10-23(11-9-22)34-17-7-6-16-30/h8-11,16,20H,6-7,12-15,17-19H2,1-5H3,(H,27,32)/b26-21-. The van der Waals surface area contributed by atoms with Crippen molar-refractivity contribution >= 4 is 23.9 Å². The molecule has 0 aliphatic carbocycles. The second kappa shape index (κ2) is 16.6. The van der Waals surface area contributed by atoms with Crippen LogP contribution in [0.4, 0.5) is 4.79 Å². The first-order valence-electron chi connectivity index (χ1n) is 11.8. The highest BCUT2D eigenvalue weighted by atomic mass is 16.5. The average Bonchev–Trinajstić information content (AvgIpc) is 2.83. The summed E-state index contributed by atoms with van der Waals surface area (Å²) in [5, 5.41) is 4.16. The number of carbonyl (C=O) groups excluding carboxylic acids is 3. The number of benzene rings is 1. The molecular weight excluding hydrogens is 436 g/mol. The molecule has 0 unspecified atom stereocenters. The molecular formula is C25H40N4O5. The van der Waals surface area contributed by atoms with Crippen LogP contribution in [0.5, 0.6) is 5.75 Å². The van der Waals surface area contributed by atoms with E-state index < -0.39 is 0 Å². The molecule has 0 atom stereocenters. The fraction of sp³-hybridized carbons (Fsp3) is 0.600. The van der Waals surface area contributed by atoms with E-state index >= 15 is 0 Å². The first-order chi connectivity index (χ1) is 16.2. The van der Waals surface area contributed by atoms with E-state index in [0.717, 1.165) is 18.3 Å². The molecule has 1 aromatic carbocycles. The number of hydrogen-bond donors (Lipinski definition) is 1. The number of hydrazone groups is 1. The zero-order valence-electron chi connectivity index (χ0n) is 21.2. The Hall–Kier alpha value is -2.94. The van der Waals surface area contributed by atoms with Gasteiger partial charge < -0.3 is 24.1 Å². The fourth-order valence-electron chi connectivity index (χ4n) is 2.73.